The fourth-order valence-electron chi connectivity index (χ4n) is 4.05. The molecule has 2 aliphatic rings. The third-order valence-electron chi connectivity index (χ3n) is 5.74. The maximum atomic E-state index is 13.1. The Labute approximate surface area is 206 Å². The maximum Gasteiger partial charge on any atom is 0.276 e. The van der Waals surface area contributed by atoms with Crippen molar-refractivity contribution in [2.24, 2.45) is 0 Å². The van der Waals surface area contributed by atoms with Crippen molar-refractivity contribution in [3.8, 4) is 11.5 Å². The molecule has 1 aliphatic carbocycles. The van der Waals surface area contributed by atoms with Crippen molar-refractivity contribution in [1.29, 1.82) is 0 Å². The molecule has 1 aliphatic heterocycles. The van der Waals surface area contributed by atoms with Gasteiger partial charge in [0.15, 0.2) is 16.6 Å². The fourth-order valence-corrected chi connectivity index (χ4v) is 4.96. The first-order valence-corrected chi connectivity index (χ1v) is 12.1. The summed E-state index contributed by atoms with van der Waals surface area (Å²) < 4.78 is 12.3. The van der Waals surface area contributed by atoms with E-state index in [9.17, 15) is 4.79 Å². The van der Waals surface area contributed by atoms with Gasteiger partial charge in [0.25, 0.3) is 5.91 Å². The van der Waals surface area contributed by atoms with Crippen molar-refractivity contribution in [3.05, 3.63) is 62.7 Å². The number of carbonyl (C=O) groups excluding carboxylic acids is 1. The van der Waals surface area contributed by atoms with Gasteiger partial charge in [-0.25, -0.2) is 0 Å². The third kappa shape index (κ3) is 5.11. The number of halogens is 2. The van der Waals surface area contributed by atoms with Gasteiger partial charge in [-0.2, -0.15) is 0 Å². The Morgan fingerprint density at radius 2 is 1.91 bits per heavy atom. The number of hydrogen-bond acceptors (Lipinski definition) is 4. The Morgan fingerprint density at radius 1 is 1.19 bits per heavy atom. The molecular weight excluding hydrogens is 512 g/mol. The fraction of sp³-hybridized carbons (Fsp3) is 0.333. The number of nitrogens with one attached hydrogen (secondary N) is 1. The van der Waals surface area contributed by atoms with Crippen LogP contribution in [0.5, 0.6) is 11.5 Å². The van der Waals surface area contributed by atoms with Gasteiger partial charge in [0.05, 0.1) is 7.11 Å². The minimum atomic E-state index is -0.0733. The molecule has 1 N–H and O–H groups in total. The number of thiocarbonyl (C=S) groups is 1. The third-order valence-corrected chi connectivity index (χ3v) is 6.98. The van der Waals surface area contributed by atoms with Crippen molar-refractivity contribution in [3.63, 3.8) is 0 Å². The van der Waals surface area contributed by atoms with Crippen LogP contribution in [0.4, 0.5) is 0 Å². The van der Waals surface area contributed by atoms with Gasteiger partial charge in [-0.15, -0.1) is 0 Å². The molecule has 0 aromatic heterocycles. The highest BCUT2D eigenvalue weighted by Crippen LogP contribution is 2.36. The minimum absolute atomic E-state index is 0.0733. The lowest BCUT2D eigenvalue weighted by molar-refractivity contribution is -0.124. The number of amides is 1. The summed E-state index contributed by atoms with van der Waals surface area (Å²) in [6.45, 7) is 0.380. The second-order valence-corrected chi connectivity index (χ2v) is 9.57. The van der Waals surface area contributed by atoms with Crippen LogP contribution in [0.3, 0.4) is 0 Å². The van der Waals surface area contributed by atoms with E-state index in [2.05, 4.69) is 21.2 Å². The highest BCUT2D eigenvalue weighted by molar-refractivity contribution is 9.10. The van der Waals surface area contributed by atoms with Crippen molar-refractivity contribution >= 4 is 56.8 Å². The summed E-state index contributed by atoms with van der Waals surface area (Å²) in [5, 5.41) is 4.26. The standard InChI is InChI=1S/C24H24BrClN2O3S/c1-30-21-12-16(19(25)13-22(21)31-14-15-7-9-17(26)10-8-15)11-20-23(29)28(24(32)27-20)18-5-3-2-4-6-18/h7-13,18H,2-6,14H2,1H3,(H,27,32)/b20-11-. The van der Waals surface area contributed by atoms with Gasteiger partial charge in [-0.3, -0.25) is 9.69 Å². The molecule has 1 amide bonds. The molecule has 8 heteroatoms. The van der Waals surface area contributed by atoms with Crippen molar-refractivity contribution in [2.45, 2.75) is 44.8 Å². The average molecular weight is 536 g/mol. The summed E-state index contributed by atoms with van der Waals surface area (Å²) in [6.07, 6.45) is 7.29. The number of hydrogen-bond donors (Lipinski definition) is 1. The molecule has 0 atom stereocenters. The predicted molar refractivity (Wildman–Crippen MR) is 134 cm³/mol. The summed E-state index contributed by atoms with van der Waals surface area (Å²) in [6, 6.07) is 11.4. The van der Waals surface area contributed by atoms with Crippen LogP contribution in [0.1, 0.15) is 43.2 Å². The first-order valence-electron chi connectivity index (χ1n) is 10.6. The van der Waals surface area contributed by atoms with Crippen LogP contribution >= 0.6 is 39.7 Å². The van der Waals surface area contributed by atoms with Gasteiger partial charge in [-0.1, -0.05) is 58.9 Å². The van der Waals surface area contributed by atoms with Gasteiger partial charge in [0.1, 0.15) is 12.3 Å². The maximum absolute atomic E-state index is 13.1. The monoisotopic (exact) mass is 534 g/mol. The molecular formula is C24H24BrClN2O3S. The van der Waals surface area contributed by atoms with Crippen LogP contribution in [0.25, 0.3) is 6.08 Å². The predicted octanol–water partition coefficient (Wildman–Crippen LogP) is 6.08. The highest BCUT2D eigenvalue weighted by atomic mass is 79.9. The molecule has 0 radical (unpaired) electrons. The van der Waals surface area contributed by atoms with Crippen LogP contribution in [0.2, 0.25) is 5.02 Å². The van der Waals surface area contributed by atoms with E-state index in [1.54, 1.807) is 18.1 Å². The first kappa shape index (κ1) is 23.1. The van der Waals surface area contributed by atoms with Gasteiger partial charge < -0.3 is 14.8 Å². The zero-order valence-corrected chi connectivity index (χ0v) is 20.9. The summed E-state index contributed by atoms with van der Waals surface area (Å²) in [5.74, 6) is 1.10. The number of ether oxygens (including phenoxy) is 2. The number of rotatable bonds is 6. The SMILES string of the molecule is COc1cc(/C=C2\NC(=S)N(C3CCCCC3)C2=O)c(Br)cc1OCc1ccc(Cl)cc1. The van der Waals surface area contributed by atoms with Gasteiger partial charge >= 0.3 is 0 Å². The van der Waals surface area contributed by atoms with Crippen LogP contribution in [-0.4, -0.2) is 29.1 Å². The number of benzene rings is 2. The smallest absolute Gasteiger partial charge is 0.276 e. The van der Waals surface area contributed by atoms with Crippen molar-refractivity contribution in [2.75, 3.05) is 7.11 Å². The van der Waals surface area contributed by atoms with Crippen LogP contribution < -0.4 is 14.8 Å². The molecule has 5 nitrogen and oxygen atoms in total. The molecule has 32 heavy (non-hydrogen) atoms. The molecule has 2 fully saturated rings. The zero-order valence-electron chi connectivity index (χ0n) is 17.7. The highest BCUT2D eigenvalue weighted by Gasteiger charge is 2.36. The van der Waals surface area contributed by atoms with Crippen LogP contribution in [0, 0.1) is 0 Å². The molecule has 4 rings (SSSR count). The number of nitrogens with zero attached hydrogens (tertiary/aromatic N) is 1. The van der Waals surface area contributed by atoms with Crippen LogP contribution in [-0.2, 0) is 11.4 Å². The largest absolute Gasteiger partial charge is 0.493 e. The number of carbonyl (C=O) groups is 1. The second kappa shape index (κ2) is 10.2. The molecule has 168 valence electrons. The quantitative estimate of drug-likeness (QED) is 0.359. The van der Waals surface area contributed by atoms with E-state index < -0.39 is 0 Å². The lowest BCUT2D eigenvalue weighted by Gasteiger charge is -2.29. The molecule has 2 aromatic rings. The molecule has 0 bridgehead atoms. The molecule has 0 spiro atoms. The lowest BCUT2D eigenvalue weighted by atomic mass is 9.94. The van der Waals surface area contributed by atoms with Gasteiger partial charge in [-0.05, 0) is 66.5 Å². The molecule has 0 unspecified atom stereocenters. The number of methoxy groups -OCH3 is 1. The summed E-state index contributed by atoms with van der Waals surface area (Å²) in [5.41, 5.74) is 2.26. The minimum Gasteiger partial charge on any atom is -0.493 e. The van der Waals surface area contributed by atoms with E-state index in [0.717, 1.165) is 41.3 Å². The molecule has 2 aromatic carbocycles. The molecule has 1 saturated heterocycles. The van der Waals surface area contributed by atoms with Gasteiger partial charge in [0, 0.05) is 15.5 Å². The average Bonchev–Trinajstić information content (AvgIpc) is 3.08. The van der Waals surface area contributed by atoms with Gasteiger partial charge in [0.2, 0.25) is 0 Å². The Bertz CT molecular complexity index is 1050. The Kier molecular flexibility index (Phi) is 7.38. The Balaban J connectivity index is 1.53. The first-order chi connectivity index (χ1) is 15.5. The van der Waals surface area contributed by atoms with E-state index >= 15 is 0 Å². The van der Waals surface area contributed by atoms with Crippen molar-refractivity contribution < 1.29 is 14.3 Å². The van der Waals surface area contributed by atoms with E-state index in [1.807, 2.05) is 36.4 Å². The molecule has 1 heterocycles. The lowest BCUT2D eigenvalue weighted by Crippen LogP contribution is -2.41. The van der Waals surface area contributed by atoms with E-state index in [-0.39, 0.29) is 11.9 Å². The van der Waals surface area contributed by atoms with Crippen LogP contribution in [0.15, 0.2) is 46.6 Å². The summed E-state index contributed by atoms with van der Waals surface area (Å²) >= 11 is 15.0. The van der Waals surface area contributed by atoms with E-state index in [4.69, 9.17) is 33.3 Å². The summed E-state index contributed by atoms with van der Waals surface area (Å²) in [7, 11) is 1.59. The second-order valence-electron chi connectivity index (χ2n) is 7.89. The van der Waals surface area contributed by atoms with E-state index in [1.165, 1.54) is 6.42 Å². The normalized spacial score (nSPS) is 18.2. The Morgan fingerprint density at radius 3 is 2.59 bits per heavy atom. The van der Waals surface area contributed by atoms with E-state index in [0.29, 0.717) is 33.9 Å². The topological polar surface area (TPSA) is 50.8 Å². The zero-order chi connectivity index (χ0) is 22.7. The molecule has 1 saturated carbocycles. The van der Waals surface area contributed by atoms with Crippen molar-refractivity contribution in [1.82, 2.24) is 10.2 Å². The summed E-state index contributed by atoms with van der Waals surface area (Å²) in [4.78, 5) is 14.8. The Hall–Kier alpha value is -2.09.